The molecule has 4 rings (SSSR count). The van der Waals surface area contributed by atoms with Crippen LogP contribution in [0.15, 0.2) is 72.8 Å². The smallest absolute Gasteiger partial charge is 0.255 e. The number of nitrogens with zero attached hydrogens (tertiary/aromatic N) is 1. The number of hydroxylamine groups is 1. The topological polar surface area (TPSA) is 99.1 Å². The average Bonchev–Trinajstić information content (AvgIpc) is 2.86. The van der Waals surface area contributed by atoms with Crippen molar-refractivity contribution < 1.29 is 24.6 Å². The van der Waals surface area contributed by atoms with Gasteiger partial charge in [0, 0.05) is 15.6 Å². The molecule has 1 aliphatic rings. The Morgan fingerprint density at radius 2 is 1.75 bits per heavy atom. The van der Waals surface area contributed by atoms with Crippen molar-refractivity contribution in [1.29, 1.82) is 0 Å². The Balaban J connectivity index is 1.80. The zero-order valence-electron chi connectivity index (χ0n) is 19.5. The van der Waals surface area contributed by atoms with Gasteiger partial charge in [0.2, 0.25) is 0 Å². The third-order valence-corrected chi connectivity index (χ3v) is 6.86. The molecule has 2 amide bonds. The van der Waals surface area contributed by atoms with Crippen LogP contribution in [0.2, 0.25) is 10.0 Å². The maximum Gasteiger partial charge on any atom is 0.255 e. The van der Waals surface area contributed by atoms with Crippen molar-refractivity contribution in [3.8, 4) is 0 Å². The van der Waals surface area contributed by atoms with Gasteiger partial charge in [0.25, 0.3) is 11.8 Å². The number of halogens is 2. The van der Waals surface area contributed by atoms with Gasteiger partial charge in [-0.15, -0.1) is 0 Å². The molecule has 7 nitrogen and oxygen atoms in total. The molecule has 0 fully saturated rings. The highest BCUT2D eigenvalue weighted by Crippen LogP contribution is 2.46. The first-order chi connectivity index (χ1) is 17.3. The van der Waals surface area contributed by atoms with Crippen LogP contribution in [0.1, 0.15) is 45.9 Å². The van der Waals surface area contributed by atoms with Crippen LogP contribution in [0.3, 0.4) is 0 Å². The number of fused-ring (bicyclic) bond motifs is 1. The van der Waals surface area contributed by atoms with Gasteiger partial charge in [-0.1, -0.05) is 77.8 Å². The lowest BCUT2D eigenvalue weighted by molar-refractivity contribution is -0.138. The van der Waals surface area contributed by atoms with E-state index < -0.39 is 42.5 Å². The van der Waals surface area contributed by atoms with E-state index in [0.29, 0.717) is 21.7 Å². The van der Waals surface area contributed by atoms with E-state index in [2.05, 4.69) is 5.48 Å². The molecule has 9 heteroatoms. The van der Waals surface area contributed by atoms with E-state index in [1.165, 1.54) is 17.9 Å². The van der Waals surface area contributed by atoms with E-state index in [-0.39, 0.29) is 11.6 Å². The van der Waals surface area contributed by atoms with E-state index in [9.17, 15) is 19.8 Å². The quantitative estimate of drug-likeness (QED) is 0.379. The number of benzene rings is 3. The summed E-state index contributed by atoms with van der Waals surface area (Å²) in [5.74, 6) is -1.90. The number of hydrogen-bond acceptors (Lipinski definition) is 5. The van der Waals surface area contributed by atoms with Gasteiger partial charge in [-0.05, 0) is 41.8 Å². The van der Waals surface area contributed by atoms with E-state index in [1.54, 1.807) is 36.4 Å². The fourth-order valence-electron chi connectivity index (χ4n) is 4.57. The van der Waals surface area contributed by atoms with Crippen molar-refractivity contribution in [3.05, 3.63) is 105 Å². The summed E-state index contributed by atoms with van der Waals surface area (Å²) in [5.41, 5.74) is 4.62. The Kier molecular flexibility index (Phi) is 8.28. The minimum Gasteiger partial charge on any atom is -0.394 e. The minimum atomic E-state index is -1.09. The zero-order chi connectivity index (χ0) is 25.8. The number of carbonyl (C=O) groups excluding carboxylic acids is 2. The molecule has 0 saturated carbocycles. The van der Waals surface area contributed by atoms with E-state index in [0.717, 1.165) is 5.56 Å². The maximum absolute atomic E-state index is 13.7. The molecule has 3 aromatic carbocycles. The van der Waals surface area contributed by atoms with E-state index in [4.69, 9.17) is 28.0 Å². The first-order valence-corrected chi connectivity index (χ1v) is 12.2. The summed E-state index contributed by atoms with van der Waals surface area (Å²) in [4.78, 5) is 34.3. The number of carbonyl (C=O) groups is 2. The second kappa shape index (κ2) is 11.4. The van der Waals surface area contributed by atoms with Crippen LogP contribution >= 0.6 is 23.2 Å². The van der Waals surface area contributed by atoms with Crippen LogP contribution in [-0.2, 0) is 16.2 Å². The Morgan fingerprint density at radius 3 is 2.42 bits per heavy atom. The van der Waals surface area contributed by atoms with Gasteiger partial charge in [0.1, 0.15) is 0 Å². The van der Waals surface area contributed by atoms with Gasteiger partial charge in [0.05, 0.1) is 37.3 Å². The monoisotopic (exact) mass is 528 g/mol. The molecule has 1 aliphatic heterocycles. The summed E-state index contributed by atoms with van der Waals surface area (Å²) >= 11 is 12.7. The molecule has 36 heavy (non-hydrogen) atoms. The molecule has 3 N–H and O–H groups in total. The highest BCUT2D eigenvalue weighted by atomic mass is 35.5. The van der Waals surface area contributed by atoms with Gasteiger partial charge in [0.15, 0.2) is 0 Å². The molecule has 0 saturated heterocycles. The normalized spacial score (nSPS) is 18.9. The van der Waals surface area contributed by atoms with Crippen LogP contribution in [-0.4, -0.2) is 45.7 Å². The van der Waals surface area contributed by atoms with E-state index in [1.807, 2.05) is 30.3 Å². The first-order valence-electron chi connectivity index (χ1n) is 11.4. The van der Waals surface area contributed by atoms with Crippen LogP contribution in [0.5, 0.6) is 0 Å². The van der Waals surface area contributed by atoms with Crippen LogP contribution in [0, 0.1) is 0 Å². The van der Waals surface area contributed by atoms with Crippen molar-refractivity contribution in [1.82, 2.24) is 10.4 Å². The molecule has 0 spiro atoms. The minimum absolute atomic E-state index is 0.142. The van der Waals surface area contributed by atoms with Gasteiger partial charge in [-0.2, -0.15) is 0 Å². The number of hydrogen-bond donors (Lipinski definition) is 3. The molecule has 1 heterocycles. The molecule has 0 unspecified atom stereocenters. The Labute approximate surface area is 219 Å². The third kappa shape index (κ3) is 5.26. The maximum atomic E-state index is 13.7. The number of aliphatic hydroxyl groups is 2. The van der Waals surface area contributed by atoms with Crippen LogP contribution in [0.25, 0.3) is 0 Å². The Hall–Kier alpha value is -2.94. The second-order valence-electron chi connectivity index (χ2n) is 8.62. The average molecular weight is 529 g/mol. The van der Waals surface area contributed by atoms with Gasteiger partial charge in [-0.3, -0.25) is 14.4 Å². The standard InChI is InChI=1S/C27H26Cl2N2O5/c1-16(33)23(14-32)31-25(21-12-11-18(28)13-22(21)29)24(19-9-5-6-10-20(19)27(31)35)26(34)30-36-15-17-7-3-2-4-8-17/h2-13,16,23-25,32-33H,14-15H2,1H3,(H,30,34)/t16-,23-,24+,25-/m0/s1. The lowest BCUT2D eigenvalue weighted by Crippen LogP contribution is -2.55. The molecule has 0 aliphatic carbocycles. The van der Waals surface area contributed by atoms with Crippen molar-refractivity contribution in [2.75, 3.05) is 6.61 Å². The zero-order valence-corrected chi connectivity index (χ0v) is 21.0. The Bertz CT molecular complexity index is 1240. The fraction of sp³-hybridized carbons (Fsp3) is 0.259. The number of aliphatic hydroxyl groups excluding tert-OH is 2. The summed E-state index contributed by atoms with van der Waals surface area (Å²) in [6.45, 7) is 1.10. The van der Waals surface area contributed by atoms with Gasteiger partial charge >= 0.3 is 0 Å². The number of nitrogens with one attached hydrogen (secondary N) is 1. The molecule has 3 aromatic rings. The van der Waals surface area contributed by atoms with Crippen LogP contribution in [0.4, 0.5) is 0 Å². The molecule has 0 bridgehead atoms. The van der Waals surface area contributed by atoms with Gasteiger partial charge in [-0.25, -0.2) is 5.48 Å². The van der Waals surface area contributed by atoms with E-state index >= 15 is 0 Å². The molecular formula is C27H26Cl2N2O5. The second-order valence-corrected chi connectivity index (χ2v) is 9.46. The Morgan fingerprint density at radius 1 is 1.06 bits per heavy atom. The van der Waals surface area contributed by atoms with Crippen molar-refractivity contribution in [3.63, 3.8) is 0 Å². The van der Waals surface area contributed by atoms with Crippen molar-refractivity contribution in [2.24, 2.45) is 0 Å². The lowest BCUT2D eigenvalue weighted by Gasteiger charge is -2.46. The molecule has 4 atom stereocenters. The number of amides is 2. The SMILES string of the molecule is C[C@H](O)[C@H](CO)N1C(=O)c2ccccc2[C@@H](C(=O)NOCc2ccccc2)[C@@H]1c1ccc(Cl)cc1Cl. The third-order valence-electron chi connectivity index (χ3n) is 6.30. The van der Waals surface area contributed by atoms with Gasteiger partial charge < -0.3 is 15.1 Å². The first kappa shape index (κ1) is 26.1. The van der Waals surface area contributed by atoms with Crippen molar-refractivity contribution in [2.45, 2.75) is 37.6 Å². The molecule has 0 aromatic heterocycles. The predicted octanol–water partition coefficient (Wildman–Crippen LogP) is 4.26. The largest absolute Gasteiger partial charge is 0.394 e. The summed E-state index contributed by atoms with van der Waals surface area (Å²) in [7, 11) is 0. The summed E-state index contributed by atoms with van der Waals surface area (Å²) < 4.78 is 0. The predicted molar refractivity (Wildman–Crippen MR) is 136 cm³/mol. The summed E-state index contributed by atoms with van der Waals surface area (Å²) in [6, 6.07) is 18.9. The number of rotatable bonds is 8. The molecular weight excluding hydrogens is 503 g/mol. The fourth-order valence-corrected chi connectivity index (χ4v) is 5.09. The molecule has 188 valence electrons. The highest BCUT2D eigenvalue weighted by molar-refractivity contribution is 6.35. The van der Waals surface area contributed by atoms with Crippen LogP contribution < -0.4 is 5.48 Å². The highest BCUT2D eigenvalue weighted by Gasteiger charge is 2.48. The molecule has 0 radical (unpaired) electrons. The lowest BCUT2D eigenvalue weighted by atomic mass is 9.78. The summed E-state index contributed by atoms with van der Waals surface area (Å²) in [5, 5.41) is 21.3. The summed E-state index contributed by atoms with van der Waals surface area (Å²) in [6.07, 6.45) is -1.09. The van der Waals surface area contributed by atoms with Crippen molar-refractivity contribution >= 4 is 35.0 Å².